The lowest BCUT2D eigenvalue weighted by Gasteiger charge is -2.34. The van der Waals surface area contributed by atoms with E-state index in [2.05, 4.69) is 22.3 Å². The average molecular weight is 598 g/mol. The van der Waals surface area contributed by atoms with Crippen LogP contribution in [0.3, 0.4) is 0 Å². The first-order valence-corrected chi connectivity index (χ1v) is 14.9. The van der Waals surface area contributed by atoms with Gasteiger partial charge >= 0.3 is 12.1 Å². The molecule has 0 bridgehead atoms. The minimum atomic E-state index is -1.15. The van der Waals surface area contributed by atoms with Crippen LogP contribution in [0.25, 0.3) is 0 Å². The molecule has 0 aliphatic carbocycles. The van der Waals surface area contributed by atoms with E-state index in [4.69, 9.17) is 4.74 Å². The lowest BCUT2D eigenvalue weighted by atomic mass is 9.99. The van der Waals surface area contributed by atoms with Gasteiger partial charge in [-0.15, -0.1) is 0 Å². The summed E-state index contributed by atoms with van der Waals surface area (Å²) in [5.41, 5.74) is 0.466. The zero-order valence-corrected chi connectivity index (χ0v) is 26.1. The van der Waals surface area contributed by atoms with Crippen molar-refractivity contribution in [2.45, 2.75) is 90.3 Å². The fourth-order valence-corrected chi connectivity index (χ4v) is 4.59. The molecule has 2 rings (SSSR count). The van der Waals surface area contributed by atoms with Crippen LogP contribution in [0.1, 0.15) is 83.4 Å². The van der Waals surface area contributed by atoms with E-state index in [9.17, 15) is 24.3 Å². The second-order valence-corrected chi connectivity index (χ2v) is 11.5. The minimum Gasteiger partial charge on any atom is -0.508 e. The smallest absolute Gasteiger partial charge is 0.408 e. The molecule has 2 aromatic rings. The van der Waals surface area contributed by atoms with E-state index < -0.39 is 41.6 Å². The molecule has 2 aromatic carbocycles. The van der Waals surface area contributed by atoms with Gasteiger partial charge in [0.15, 0.2) is 0 Å². The van der Waals surface area contributed by atoms with Crippen molar-refractivity contribution in [3.63, 3.8) is 0 Å². The number of alkyl carbamates (subject to hydrolysis) is 1. The number of phenolic OH excluding ortho intramolecular Hbond substituents is 1. The number of phenols is 1. The van der Waals surface area contributed by atoms with Gasteiger partial charge in [0.1, 0.15) is 30.0 Å². The molecule has 2 unspecified atom stereocenters. The van der Waals surface area contributed by atoms with E-state index in [0.717, 1.165) is 37.7 Å². The van der Waals surface area contributed by atoms with Gasteiger partial charge < -0.3 is 30.1 Å². The topological polar surface area (TPSA) is 134 Å². The van der Waals surface area contributed by atoms with Crippen LogP contribution in [-0.4, -0.2) is 65.7 Å². The summed E-state index contributed by atoms with van der Waals surface area (Å²) in [7, 11) is 1.22. The van der Waals surface area contributed by atoms with Crippen LogP contribution >= 0.6 is 0 Å². The maximum absolute atomic E-state index is 14.4. The summed E-state index contributed by atoms with van der Waals surface area (Å²) in [4.78, 5) is 54.3. The number of nitrogens with zero attached hydrogens (tertiary/aromatic N) is 1. The Balaban J connectivity index is 2.51. The largest absolute Gasteiger partial charge is 0.508 e. The second kappa shape index (κ2) is 17.8. The number of carbonyl (C=O) groups is 4. The molecule has 0 radical (unpaired) electrons. The molecule has 0 saturated carbocycles. The van der Waals surface area contributed by atoms with Crippen molar-refractivity contribution in [1.29, 1.82) is 0 Å². The molecule has 10 nitrogen and oxygen atoms in total. The third-order valence-corrected chi connectivity index (χ3v) is 6.71. The molecule has 0 heterocycles. The van der Waals surface area contributed by atoms with Crippen LogP contribution < -0.4 is 10.6 Å². The van der Waals surface area contributed by atoms with Gasteiger partial charge in [0.25, 0.3) is 0 Å². The SMILES string of the molecule is CCCCCCCCN(C(=O)C(Cc1ccccc1)NC(=O)OC(C)(C)C)C(C(=O)NCC(=O)OC)c1ccc(O)cc1. The zero-order chi connectivity index (χ0) is 31.8. The molecule has 0 aromatic heterocycles. The predicted molar refractivity (Wildman–Crippen MR) is 164 cm³/mol. The number of carbonyl (C=O) groups excluding carboxylic acids is 4. The van der Waals surface area contributed by atoms with Crippen molar-refractivity contribution in [2.24, 2.45) is 0 Å². The number of hydrogen-bond acceptors (Lipinski definition) is 7. The van der Waals surface area contributed by atoms with E-state index in [1.807, 2.05) is 30.3 Å². The number of hydrogen-bond donors (Lipinski definition) is 3. The Labute approximate surface area is 255 Å². The fourth-order valence-electron chi connectivity index (χ4n) is 4.59. The maximum atomic E-state index is 14.4. The summed E-state index contributed by atoms with van der Waals surface area (Å²) in [6.45, 7) is 7.18. The van der Waals surface area contributed by atoms with Crippen LogP contribution in [0.2, 0.25) is 0 Å². The van der Waals surface area contributed by atoms with Gasteiger partial charge in [-0.3, -0.25) is 14.4 Å². The van der Waals surface area contributed by atoms with Crippen LogP contribution in [0.15, 0.2) is 54.6 Å². The number of esters is 1. The highest BCUT2D eigenvalue weighted by Crippen LogP contribution is 2.26. The Morgan fingerprint density at radius 3 is 2.14 bits per heavy atom. The highest BCUT2D eigenvalue weighted by Gasteiger charge is 2.36. The second-order valence-electron chi connectivity index (χ2n) is 11.5. The van der Waals surface area contributed by atoms with Crippen molar-refractivity contribution in [1.82, 2.24) is 15.5 Å². The molecule has 2 atom stereocenters. The Morgan fingerprint density at radius 1 is 0.907 bits per heavy atom. The molecule has 3 amide bonds. The molecule has 0 spiro atoms. The minimum absolute atomic E-state index is 0.000170. The molecule has 0 saturated heterocycles. The Morgan fingerprint density at radius 2 is 1.53 bits per heavy atom. The van der Waals surface area contributed by atoms with E-state index in [1.165, 1.54) is 24.1 Å². The van der Waals surface area contributed by atoms with Gasteiger partial charge in [0, 0.05) is 13.0 Å². The molecule has 43 heavy (non-hydrogen) atoms. The monoisotopic (exact) mass is 597 g/mol. The van der Waals surface area contributed by atoms with Gasteiger partial charge in [-0.05, 0) is 50.5 Å². The number of amides is 3. The summed E-state index contributed by atoms with van der Waals surface area (Å²) in [6, 6.07) is 13.1. The van der Waals surface area contributed by atoms with Crippen molar-refractivity contribution in [3.8, 4) is 5.75 Å². The van der Waals surface area contributed by atoms with E-state index in [-0.39, 0.29) is 25.3 Å². The molecule has 3 N–H and O–H groups in total. The lowest BCUT2D eigenvalue weighted by Crippen LogP contribution is -2.54. The number of methoxy groups -OCH3 is 1. The fraction of sp³-hybridized carbons (Fsp3) is 0.515. The number of rotatable bonds is 16. The summed E-state index contributed by atoms with van der Waals surface area (Å²) < 4.78 is 10.2. The van der Waals surface area contributed by atoms with Crippen molar-refractivity contribution >= 4 is 23.9 Å². The highest BCUT2D eigenvalue weighted by atomic mass is 16.6. The number of ether oxygens (including phenoxy) is 2. The highest BCUT2D eigenvalue weighted by molar-refractivity contribution is 5.93. The molecule has 10 heteroatoms. The molecular weight excluding hydrogens is 550 g/mol. The Hall–Kier alpha value is -4.08. The first kappa shape index (κ1) is 35.1. The van der Waals surface area contributed by atoms with Crippen molar-refractivity contribution in [2.75, 3.05) is 20.2 Å². The number of nitrogens with one attached hydrogen (secondary N) is 2. The summed E-state index contributed by atoms with van der Waals surface area (Å²) in [5.74, 6) is -1.71. The molecule has 0 aliphatic heterocycles. The van der Waals surface area contributed by atoms with E-state index in [0.29, 0.717) is 12.0 Å². The summed E-state index contributed by atoms with van der Waals surface area (Å²) in [5, 5.41) is 15.2. The van der Waals surface area contributed by atoms with E-state index >= 15 is 0 Å². The van der Waals surface area contributed by atoms with Crippen LogP contribution in [0.5, 0.6) is 5.75 Å². The molecule has 0 aliphatic rings. The lowest BCUT2D eigenvalue weighted by molar-refractivity contribution is -0.144. The quantitative estimate of drug-likeness (QED) is 0.182. The maximum Gasteiger partial charge on any atom is 0.408 e. The summed E-state index contributed by atoms with van der Waals surface area (Å²) >= 11 is 0. The van der Waals surface area contributed by atoms with Gasteiger partial charge in [-0.2, -0.15) is 0 Å². The molecule has 236 valence electrons. The molecular formula is C33H47N3O7. The standard InChI is InChI=1S/C33H47N3O7/c1-6-7-8-9-10-14-21-36(29(25-17-19-26(37)20-18-25)30(39)34-23-28(38)42-5)31(40)27(22-24-15-12-11-13-16-24)35-32(41)43-33(2,3)4/h11-13,15-20,27,29,37H,6-10,14,21-23H2,1-5H3,(H,34,39)(H,35,41). The van der Waals surface area contributed by atoms with Crippen LogP contribution in [0, 0.1) is 0 Å². The Kier molecular flexibility index (Phi) is 14.5. The zero-order valence-electron chi connectivity index (χ0n) is 26.1. The average Bonchev–Trinajstić information content (AvgIpc) is 2.96. The first-order chi connectivity index (χ1) is 20.4. The number of aromatic hydroxyl groups is 1. The normalized spacial score (nSPS) is 12.5. The summed E-state index contributed by atoms with van der Waals surface area (Å²) in [6.07, 6.45) is 5.16. The van der Waals surface area contributed by atoms with Gasteiger partial charge in [0.05, 0.1) is 7.11 Å². The van der Waals surface area contributed by atoms with Gasteiger partial charge in [-0.25, -0.2) is 4.79 Å². The van der Waals surface area contributed by atoms with Crippen molar-refractivity contribution in [3.05, 3.63) is 65.7 Å². The number of benzene rings is 2. The first-order valence-electron chi connectivity index (χ1n) is 14.9. The van der Waals surface area contributed by atoms with Crippen LogP contribution in [0.4, 0.5) is 4.79 Å². The van der Waals surface area contributed by atoms with Crippen molar-refractivity contribution < 1.29 is 33.8 Å². The van der Waals surface area contributed by atoms with E-state index in [1.54, 1.807) is 32.9 Å². The van der Waals surface area contributed by atoms with Gasteiger partial charge in [-0.1, -0.05) is 81.5 Å². The third-order valence-electron chi connectivity index (χ3n) is 6.71. The molecule has 0 fully saturated rings. The predicted octanol–water partition coefficient (Wildman–Crippen LogP) is 5.05. The number of unbranched alkanes of at least 4 members (excludes halogenated alkanes) is 5. The van der Waals surface area contributed by atoms with Gasteiger partial charge in [0.2, 0.25) is 11.8 Å². The third kappa shape index (κ3) is 12.8. The van der Waals surface area contributed by atoms with Crippen LogP contribution in [-0.2, 0) is 30.3 Å². The Bertz CT molecular complexity index is 1160.